The normalized spacial score (nSPS) is 19.1. The fraction of sp³-hybridized carbons (Fsp3) is 0.312. The zero-order valence-corrected chi connectivity index (χ0v) is 11.5. The summed E-state index contributed by atoms with van der Waals surface area (Å²) in [6, 6.07) is 7.87. The van der Waals surface area contributed by atoms with Gasteiger partial charge in [-0.2, -0.15) is 5.26 Å². The van der Waals surface area contributed by atoms with E-state index in [4.69, 9.17) is 5.26 Å². The van der Waals surface area contributed by atoms with Gasteiger partial charge in [-0.25, -0.2) is 4.79 Å². The van der Waals surface area contributed by atoms with E-state index in [1.165, 1.54) is 4.90 Å². The molecule has 0 saturated carbocycles. The molecule has 2 rings (SSSR count). The molecule has 1 unspecified atom stereocenters. The van der Waals surface area contributed by atoms with Gasteiger partial charge in [0.15, 0.2) is 0 Å². The summed E-state index contributed by atoms with van der Waals surface area (Å²) >= 11 is 0. The molecular weight excluding hydrogens is 268 g/mol. The van der Waals surface area contributed by atoms with Crippen molar-refractivity contribution < 1.29 is 14.7 Å². The number of nitriles is 1. The van der Waals surface area contributed by atoms with Gasteiger partial charge in [0, 0.05) is 25.3 Å². The van der Waals surface area contributed by atoms with Crippen LogP contribution in [-0.4, -0.2) is 34.5 Å². The van der Waals surface area contributed by atoms with Crippen molar-refractivity contribution in [1.82, 2.24) is 4.90 Å². The number of hydrogen-bond acceptors (Lipinski definition) is 3. The highest BCUT2D eigenvalue weighted by molar-refractivity contribution is 5.85. The summed E-state index contributed by atoms with van der Waals surface area (Å²) in [5.74, 6) is -1.15. The van der Waals surface area contributed by atoms with Gasteiger partial charge in [-0.15, -0.1) is 6.58 Å². The Morgan fingerprint density at radius 1 is 1.52 bits per heavy atom. The molecule has 2 atom stereocenters. The zero-order valence-electron chi connectivity index (χ0n) is 11.5. The molecular formula is C16H16N2O3. The van der Waals surface area contributed by atoms with Crippen molar-refractivity contribution in [1.29, 1.82) is 5.26 Å². The average molecular weight is 284 g/mol. The van der Waals surface area contributed by atoms with E-state index in [-0.39, 0.29) is 18.2 Å². The van der Waals surface area contributed by atoms with Crippen LogP contribution >= 0.6 is 0 Å². The Bertz CT molecular complexity index is 601. The van der Waals surface area contributed by atoms with Crippen LogP contribution in [0.2, 0.25) is 0 Å². The Labute approximate surface area is 123 Å². The van der Waals surface area contributed by atoms with Crippen molar-refractivity contribution in [3.63, 3.8) is 0 Å². The Morgan fingerprint density at radius 2 is 2.19 bits per heavy atom. The van der Waals surface area contributed by atoms with Crippen molar-refractivity contribution in [2.24, 2.45) is 5.92 Å². The van der Waals surface area contributed by atoms with E-state index in [2.05, 4.69) is 6.58 Å². The molecule has 5 nitrogen and oxygen atoms in total. The van der Waals surface area contributed by atoms with Crippen LogP contribution in [0.15, 0.2) is 36.9 Å². The lowest BCUT2D eigenvalue weighted by atomic mass is 10.0. The van der Waals surface area contributed by atoms with Gasteiger partial charge in [-0.1, -0.05) is 18.2 Å². The third-order valence-corrected chi connectivity index (χ3v) is 3.70. The standard InChI is InChI=1S/C16H16N2O3/c1-2-11-8-15(19)18(10-11)14(16(20)21)7-12-3-5-13(9-17)6-4-12/h2-6,11,14H,1,7-8,10H2,(H,20,21)/t11?,14-/m0/s1. The Morgan fingerprint density at radius 3 is 2.67 bits per heavy atom. The summed E-state index contributed by atoms with van der Waals surface area (Å²) in [6.45, 7) is 4.06. The van der Waals surface area contributed by atoms with E-state index in [1.807, 2.05) is 6.07 Å². The molecule has 0 bridgehead atoms. The number of aliphatic carboxylic acids is 1. The van der Waals surface area contributed by atoms with Gasteiger partial charge in [-0.3, -0.25) is 4.79 Å². The molecule has 0 spiro atoms. The summed E-state index contributed by atoms with van der Waals surface area (Å²) in [6.07, 6.45) is 2.25. The minimum atomic E-state index is -1.02. The molecule has 108 valence electrons. The molecule has 1 fully saturated rings. The Kier molecular flexibility index (Phi) is 4.39. The molecule has 0 radical (unpaired) electrons. The first-order chi connectivity index (χ1) is 10.0. The Hall–Kier alpha value is -2.61. The lowest BCUT2D eigenvalue weighted by molar-refractivity contribution is -0.148. The molecule has 1 heterocycles. The second kappa shape index (κ2) is 6.23. The van der Waals surface area contributed by atoms with Crippen molar-refractivity contribution >= 4 is 11.9 Å². The lowest BCUT2D eigenvalue weighted by Gasteiger charge is -2.24. The smallest absolute Gasteiger partial charge is 0.326 e. The maximum Gasteiger partial charge on any atom is 0.326 e. The molecule has 1 aliphatic rings. The van der Waals surface area contributed by atoms with Crippen molar-refractivity contribution in [3.05, 3.63) is 48.0 Å². The van der Waals surface area contributed by atoms with Crippen LogP contribution in [0.3, 0.4) is 0 Å². The number of carboxylic acids is 1. The van der Waals surface area contributed by atoms with Crippen LogP contribution in [0.5, 0.6) is 0 Å². The molecule has 1 saturated heterocycles. The van der Waals surface area contributed by atoms with Gasteiger partial charge in [0.2, 0.25) is 5.91 Å². The van der Waals surface area contributed by atoms with Crippen LogP contribution in [0, 0.1) is 17.2 Å². The SMILES string of the molecule is C=CC1CC(=O)N([C@@H](Cc2ccc(C#N)cc2)C(=O)O)C1. The first-order valence-corrected chi connectivity index (χ1v) is 6.69. The molecule has 1 N–H and O–H groups in total. The first kappa shape index (κ1) is 14.8. The third kappa shape index (κ3) is 3.29. The number of carbonyl (C=O) groups excluding carboxylic acids is 1. The van der Waals surface area contributed by atoms with Crippen molar-refractivity contribution in [2.75, 3.05) is 6.54 Å². The zero-order chi connectivity index (χ0) is 15.4. The fourth-order valence-electron chi connectivity index (χ4n) is 2.49. The van der Waals surface area contributed by atoms with Gasteiger partial charge >= 0.3 is 5.97 Å². The van der Waals surface area contributed by atoms with Gasteiger partial charge in [0.25, 0.3) is 0 Å². The highest BCUT2D eigenvalue weighted by Crippen LogP contribution is 2.23. The van der Waals surface area contributed by atoms with Gasteiger partial charge in [0.05, 0.1) is 11.6 Å². The van der Waals surface area contributed by atoms with Crippen LogP contribution in [0.1, 0.15) is 17.5 Å². The highest BCUT2D eigenvalue weighted by Gasteiger charge is 2.36. The summed E-state index contributed by atoms with van der Waals surface area (Å²) in [4.78, 5) is 24.8. The predicted molar refractivity (Wildman–Crippen MR) is 76.3 cm³/mol. The van der Waals surface area contributed by atoms with Crippen LogP contribution in [0.25, 0.3) is 0 Å². The average Bonchev–Trinajstić information content (AvgIpc) is 2.86. The fourth-order valence-corrected chi connectivity index (χ4v) is 2.49. The summed E-state index contributed by atoms with van der Waals surface area (Å²) in [7, 11) is 0. The van der Waals surface area contributed by atoms with Crippen LogP contribution in [-0.2, 0) is 16.0 Å². The molecule has 1 aromatic carbocycles. The quantitative estimate of drug-likeness (QED) is 0.832. The number of rotatable bonds is 5. The minimum absolute atomic E-state index is 0.0142. The number of carbonyl (C=O) groups is 2. The third-order valence-electron chi connectivity index (χ3n) is 3.70. The lowest BCUT2D eigenvalue weighted by Crippen LogP contribution is -2.43. The molecule has 21 heavy (non-hydrogen) atoms. The largest absolute Gasteiger partial charge is 0.480 e. The maximum absolute atomic E-state index is 12.0. The summed E-state index contributed by atoms with van der Waals surface area (Å²) in [5.41, 5.74) is 1.31. The minimum Gasteiger partial charge on any atom is -0.480 e. The van der Waals surface area contributed by atoms with E-state index in [0.717, 1.165) is 5.56 Å². The first-order valence-electron chi connectivity index (χ1n) is 6.69. The number of carboxylic acid groups (broad SMARTS) is 1. The number of hydrogen-bond donors (Lipinski definition) is 1. The van der Waals surface area contributed by atoms with E-state index < -0.39 is 12.0 Å². The summed E-state index contributed by atoms with van der Waals surface area (Å²) in [5, 5.41) is 18.2. The monoisotopic (exact) mass is 284 g/mol. The van der Waals surface area contributed by atoms with Crippen molar-refractivity contribution in [3.8, 4) is 6.07 Å². The molecule has 1 aliphatic heterocycles. The van der Waals surface area contributed by atoms with E-state index in [0.29, 0.717) is 18.5 Å². The molecule has 1 aromatic rings. The van der Waals surface area contributed by atoms with E-state index in [9.17, 15) is 14.7 Å². The molecule has 1 amide bonds. The summed E-state index contributed by atoms with van der Waals surface area (Å²) < 4.78 is 0. The highest BCUT2D eigenvalue weighted by atomic mass is 16.4. The molecule has 5 heteroatoms. The van der Waals surface area contributed by atoms with Crippen LogP contribution < -0.4 is 0 Å². The van der Waals surface area contributed by atoms with Gasteiger partial charge < -0.3 is 10.0 Å². The molecule has 0 aromatic heterocycles. The molecule has 0 aliphatic carbocycles. The second-order valence-electron chi connectivity index (χ2n) is 5.11. The van der Waals surface area contributed by atoms with E-state index >= 15 is 0 Å². The van der Waals surface area contributed by atoms with E-state index in [1.54, 1.807) is 30.3 Å². The van der Waals surface area contributed by atoms with Crippen molar-refractivity contribution in [2.45, 2.75) is 18.9 Å². The number of likely N-dealkylation sites (tertiary alicyclic amines) is 1. The van der Waals surface area contributed by atoms with Gasteiger partial charge in [0.1, 0.15) is 6.04 Å². The maximum atomic E-state index is 12.0. The van der Waals surface area contributed by atoms with Crippen LogP contribution in [0.4, 0.5) is 0 Å². The van der Waals surface area contributed by atoms with Gasteiger partial charge in [-0.05, 0) is 17.7 Å². The number of nitrogens with zero attached hydrogens (tertiary/aromatic N) is 2. The second-order valence-corrected chi connectivity index (χ2v) is 5.11. The number of amides is 1. The topological polar surface area (TPSA) is 81.4 Å². The predicted octanol–water partition coefficient (Wildman–Crippen LogP) is 1.59. The Balaban J connectivity index is 2.16. The number of benzene rings is 1.